The second-order valence-electron chi connectivity index (χ2n) is 5.36. The Hall–Kier alpha value is -2.22. The maximum absolute atomic E-state index is 12.1. The Morgan fingerprint density at radius 3 is 3.10 bits per heavy atom. The summed E-state index contributed by atoms with van der Waals surface area (Å²) >= 11 is 0. The Morgan fingerprint density at radius 2 is 2.43 bits per heavy atom. The summed E-state index contributed by atoms with van der Waals surface area (Å²) in [5.41, 5.74) is 5.13. The van der Waals surface area contributed by atoms with E-state index in [1.54, 1.807) is 0 Å². The molecule has 0 aliphatic carbocycles. The van der Waals surface area contributed by atoms with Gasteiger partial charge < -0.3 is 16.0 Å². The van der Waals surface area contributed by atoms with Crippen LogP contribution >= 0.6 is 0 Å². The van der Waals surface area contributed by atoms with Gasteiger partial charge in [-0.3, -0.25) is 14.9 Å². The van der Waals surface area contributed by atoms with Crippen molar-refractivity contribution in [2.45, 2.75) is 12.8 Å². The summed E-state index contributed by atoms with van der Waals surface area (Å²) in [5, 5.41) is 13.7. The Morgan fingerprint density at radius 1 is 1.67 bits per heavy atom. The minimum Gasteiger partial charge on any atom is -0.384 e. The fourth-order valence-corrected chi connectivity index (χ4v) is 2.56. The predicted octanol–water partition coefficient (Wildman–Crippen LogP) is 0.644. The van der Waals surface area contributed by atoms with Gasteiger partial charge in [0.1, 0.15) is 17.6 Å². The molecule has 21 heavy (non-hydrogen) atoms. The normalized spacial score (nSPS) is 19.2. The number of hydrogen-bond acceptors (Lipinski definition) is 6. The van der Waals surface area contributed by atoms with Crippen molar-refractivity contribution in [3.63, 3.8) is 0 Å². The third-order valence-corrected chi connectivity index (χ3v) is 3.62. The summed E-state index contributed by atoms with van der Waals surface area (Å²) < 4.78 is 0. The number of likely N-dealkylation sites (tertiary alicyclic amines) is 1. The van der Waals surface area contributed by atoms with Gasteiger partial charge in [0.15, 0.2) is 0 Å². The van der Waals surface area contributed by atoms with Crippen molar-refractivity contribution in [3.05, 3.63) is 27.9 Å². The lowest BCUT2D eigenvalue weighted by Crippen LogP contribution is -2.39. The van der Waals surface area contributed by atoms with Crippen LogP contribution < -0.4 is 11.1 Å². The highest BCUT2D eigenvalue weighted by molar-refractivity contribution is 5.98. The Labute approximate surface area is 122 Å². The number of rotatable bonds is 4. The first-order valence-corrected chi connectivity index (χ1v) is 6.84. The van der Waals surface area contributed by atoms with Crippen LogP contribution in [0.3, 0.4) is 0 Å². The van der Waals surface area contributed by atoms with Crippen molar-refractivity contribution < 1.29 is 9.72 Å². The molecule has 1 fully saturated rings. The van der Waals surface area contributed by atoms with E-state index >= 15 is 0 Å². The topological polar surface area (TPSA) is 114 Å². The number of carbonyl (C=O) groups is 1. The van der Waals surface area contributed by atoms with Crippen LogP contribution in [0.25, 0.3) is 0 Å². The number of nitro groups is 1. The summed E-state index contributed by atoms with van der Waals surface area (Å²) in [5.74, 6) is -0.0295. The van der Waals surface area contributed by atoms with E-state index in [-0.39, 0.29) is 17.1 Å². The molecule has 1 amide bonds. The van der Waals surface area contributed by atoms with E-state index in [1.807, 2.05) is 7.05 Å². The second-order valence-corrected chi connectivity index (χ2v) is 5.36. The average Bonchev–Trinajstić information content (AvgIpc) is 2.44. The van der Waals surface area contributed by atoms with Crippen LogP contribution in [0.2, 0.25) is 0 Å². The van der Waals surface area contributed by atoms with Crippen molar-refractivity contribution in [1.82, 2.24) is 15.2 Å². The molecule has 3 N–H and O–H groups in total. The van der Waals surface area contributed by atoms with Crippen molar-refractivity contribution in [2.24, 2.45) is 5.92 Å². The molecule has 1 atom stereocenters. The second kappa shape index (κ2) is 6.49. The molecular weight excluding hydrogens is 274 g/mol. The molecular formula is C13H19N5O3. The minimum absolute atomic E-state index is 0.0448. The highest BCUT2D eigenvalue weighted by Crippen LogP contribution is 2.19. The molecule has 2 heterocycles. The van der Waals surface area contributed by atoms with Crippen LogP contribution in [-0.2, 0) is 0 Å². The molecule has 0 spiro atoms. The zero-order valence-electron chi connectivity index (χ0n) is 11.9. The van der Waals surface area contributed by atoms with Crippen LogP contribution in [-0.4, -0.2) is 47.4 Å². The van der Waals surface area contributed by atoms with Crippen LogP contribution in [0, 0.1) is 16.0 Å². The fraction of sp³-hybridized carbons (Fsp3) is 0.538. The van der Waals surface area contributed by atoms with Crippen LogP contribution in [0.15, 0.2) is 12.3 Å². The molecule has 0 aromatic carbocycles. The lowest BCUT2D eigenvalue weighted by Gasteiger charge is -2.29. The zero-order chi connectivity index (χ0) is 15.4. The lowest BCUT2D eigenvalue weighted by atomic mass is 9.98. The summed E-state index contributed by atoms with van der Waals surface area (Å²) in [6.45, 7) is 2.49. The molecule has 114 valence electrons. The average molecular weight is 293 g/mol. The van der Waals surface area contributed by atoms with E-state index in [2.05, 4.69) is 15.2 Å². The van der Waals surface area contributed by atoms with Gasteiger partial charge in [0, 0.05) is 13.1 Å². The largest absolute Gasteiger partial charge is 0.384 e. The smallest absolute Gasteiger partial charge is 0.300 e. The first kappa shape index (κ1) is 15.2. The number of hydrogen-bond donors (Lipinski definition) is 2. The number of carbonyl (C=O) groups excluding carboxylic acids is 1. The van der Waals surface area contributed by atoms with Gasteiger partial charge in [0.2, 0.25) is 0 Å². The minimum atomic E-state index is -0.629. The van der Waals surface area contributed by atoms with E-state index in [9.17, 15) is 14.9 Å². The van der Waals surface area contributed by atoms with Gasteiger partial charge in [-0.05, 0) is 38.4 Å². The summed E-state index contributed by atoms with van der Waals surface area (Å²) in [6, 6.07) is 1.24. The molecule has 8 heteroatoms. The van der Waals surface area contributed by atoms with Crippen LogP contribution in [0.1, 0.15) is 23.2 Å². The lowest BCUT2D eigenvalue weighted by molar-refractivity contribution is -0.385. The first-order valence-electron chi connectivity index (χ1n) is 6.84. The molecule has 1 aliphatic rings. The van der Waals surface area contributed by atoms with E-state index < -0.39 is 10.8 Å². The third kappa shape index (κ3) is 3.88. The number of nitrogens with one attached hydrogen (secondary N) is 1. The highest BCUT2D eigenvalue weighted by atomic mass is 16.6. The van der Waals surface area contributed by atoms with Gasteiger partial charge in [-0.1, -0.05) is 0 Å². The zero-order valence-corrected chi connectivity index (χ0v) is 11.9. The molecule has 1 saturated heterocycles. The highest BCUT2D eigenvalue weighted by Gasteiger charge is 2.23. The van der Waals surface area contributed by atoms with Crippen molar-refractivity contribution in [3.8, 4) is 0 Å². The molecule has 1 aromatic heterocycles. The quantitative estimate of drug-likeness (QED) is 0.622. The van der Waals surface area contributed by atoms with Gasteiger partial charge in [-0.2, -0.15) is 0 Å². The summed E-state index contributed by atoms with van der Waals surface area (Å²) in [7, 11) is 2.04. The summed E-state index contributed by atoms with van der Waals surface area (Å²) in [6.07, 6.45) is 3.16. The van der Waals surface area contributed by atoms with E-state index in [1.165, 1.54) is 6.07 Å². The van der Waals surface area contributed by atoms with E-state index in [0.717, 1.165) is 32.1 Å². The van der Waals surface area contributed by atoms with Crippen LogP contribution in [0.5, 0.6) is 0 Å². The number of nitrogen functional groups attached to an aromatic ring is 1. The number of amides is 1. The number of nitrogens with two attached hydrogens (primary N) is 1. The SMILES string of the molecule is CN1CCCC(CNC(=O)c2cc(N)ncc2[N+](=O)[O-])C1. The van der Waals surface area contributed by atoms with Gasteiger partial charge in [0.05, 0.1) is 4.92 Å². The Bertz CT molecular complexity index is 549. The first-order chi connectivity index (χ1) is 9.97. The van der Waals surface area contributed by atoms with Gasteiger partial charge in [-0.15, -0.1) is 0 Å². The number of pyridine rings is 1. The number of piperidine rings is 1. The maximum atomic E-state index is 12.1. The molecule has 2 rings (SSSR count). The number of anilines is 1. The van der Waals surface area contributed by atoms with Gasteiger partial charge >= 0.3 is 0 Å². The molecule has 1 aromatic rings. The predicted molar refractivity (Wildman–Crippen MR) is 77.9 cm³/mol. The number of nitrogens with zero attached hydrogens (tertiary/aromatic N) is 3. The molecule has 8 nitrogen and oxygen atoms in total. The molecule has 0 bridgehead atoms. The molecule has 0 radical (unpaired) electrons. The fourth-order valence-electron chi connectivity index (χ4n) is 2.56. The van der Waals surface area contributed by atoms with Gasteiger partial charge in [-0.25, -0.2) is 4.98 Å². The van der Waals surface area contributed by atoms with E-state index in [4.69, 9.17) is 5.73 Å². The molecule has 1 aliphatic heterocycles. The van der Waals surface area contributed by atoms with E-state index in [0.29, 0.717) is 12.5 Å². The molecule has 0 saturated carbocycles. The van der Waals surface area contributed by atoms with Crippen molar-refractivity contribution >= 4 is 17.4 Å². The summed E-state index contributed by atoms with van der Waals surface area (Å²) in [4.78, 5) is 28.3. The maximum Gasteiger partial charge on any atom is 0.300 e. The van der Waals surface area contributed by atoms with Crippen molar-refractivity contribution in [1.29, 1.82) is 0 Å². The number of aromatic nitrogens is 1. The third-order valence-electron chi connectivity index (χ3n) is 3.62. The van der Waals surface area contributed by atoms with Gasteiger partial charge in [0.25, 0.3) is 11.6 Å². The Kier molecular flexibility index (Phi) is 4.69. The van der Waals surface area contributed by atoms with Crippen molar-refractivity contribution in [2.75, 3.05) is 32.4 Å². The molecule has 1 unspecified atom stereocenters. The monoisotopic (exact) mass is 293 g/mol. The van der Waals surface area contributed by atoms with Crippen LogP contribution in [0.4, 0.5) is 11.5 Å². The Balaban J connectivity index is 2.03. The standard InChI is InChI=1S/C13H19N5O3/c1-17-4-2-3-9(8-17)6-16-13(19)10-5-12(14)15-7-11(10)18(20)21/h5,7,9H,2-4,6,8H2,1H3,(H2,14,15)(H,16,19).